The molecule has 278 valence electrons. The van der Waals surface area contributed by atoms with E-state index in [0.29, 0.717) is 5.75 Å². The molecule has 0 aromatic carbocycles. The molecular weight excluding hydrogens is 674 g/mol. The van der Waals surface area contributed by atoms with E-state index in [0.717, 1.165) is 0 Å². The average molecular weight is 722 g/mol. The number of nitrogens with two attached hydrogens (primary N) is 1. The molecule has 0 unspecified atom stereocenters. The third-order valence-corrected chi connectivity index (χ3v) is 7.45. The first kappa shape index (κ1) is 44.5. The van der Waals surface area contributed by atoms with E-state index in [1.54, 1.807) is 6.26 Å². The van der Waals surface area contributed by atoms with Crippen molar-refractivity contribution in [3.8, 4) is 0 Å². The minimum atomic E-state index is -1.81. The van der Waals surface area contributed by atoms with Crippen molar-refractivity contribution < 1.29 is 63.6 Å². The Morgan fingerprint density at radius 2 is 1.08 bits per heavy atom. The number of hydrogen-bond acceptors (Lipinski definition) is 12. The molecule has 0 aromatic heterocycles. The molecule has 0 spiro atoms. The lowest BCUT2D eigenvalue weighted by molar-refractivity contribution is -0.147. The van der Waals surface area contributed by atoms with E-state index in [1.807, 2.05) is 5.32 Å². The summed E-state index contributed by atoms with van der Waals surface area (Å²) < 4.78 is 0. The number of aliphatic carboxylic acids is 3. The summed E-state index contributed by atoms with van der Waals surface area (Å²) in [5, 5.41) is 50.2. The van der Waals surface area contributed by atoms with Gasteiger partial charge in [-0.2, -0.15) is 11.8 Å². The number of thioether (sulfide) groups is 1. The fraction of sp³-hybridized carbons (Fsp3) is 0.679. The van der Waals surface area contributed by atoms with E-state index >= 15 is 0 Å². The van der Waals surface area contributed by atoms with Gasteiger partial charge in [0.15, 0.2) is 0 Å². The van der Waals surface area contributed by atoms with E-state index < -0.39 is 127 Å². The summed E-state index contributed by atoms with van der Waals surface area (Å²) in [6.07, 6.45) is -0.133. The van der Waals surface area contributed by atoms with Crippen LogP contribution in [0.25, 0.3) is 0 Å². The van der Waals surface area contributed by atoms with E-state index in [4.69, 9.17) is 15.9 Å². The third kappa shape index (κ3) is 16.9. The Bertz CT molecular complexity index is 1220. The highest BCUT2D eigenvalue weighted by Crippen LogP contribution is 2.08. The van der Waals surface area contributed by atoms with Gasteiger partial charge in [0.1, 0.15) is 42.3 Å². The fourth-order valence-electron chi connectivity index (χ4n) is 3.91. The van der Waals surface area contributed by atoms with Gasteiger partial charge in [-0.3, -0.25) is 38.4 Å². The van der Waals surface area contributed by atoms with Gasteiger partial charge in [0.05, 0.1) is 13.0 Å². The summed E-state index contributed by atoms with van der Waals surface area (Å²) in [4.78, 5) is 110. The number of carboxylic acid groups (broad SMARTS) is 3. The number of hydrogen-bond donors (Lipinski definition) is 11. The first-order valence-corrected chi connectivity index (χ1v) is 16.5. The zero-order valence-electron chi connectivity index (χ0n) is 27.8. The largest absolute Gasteiger partial charge is 0.481 e. The molecule has 0 aliphatic heterocycles. The summed E-state index contributed by atoms with van der Waals surface area (Å²) in [5.41, 5.74) is 5.43. The Morgan fingerprint density at radius 1 is 0.612 bits per heavy atom. The SMILES string of the molecule is CSCC[C@H](NC(=O)[C@H](C)NC(=O)[C@@H](N)CO)C(=O)N[C@@H](C)C(=O)N[C@@H](CCC(=O)O)C(=O)N[C@H](C(=O)N[C@@H](CC(=O)O)C(=O)O)C(C)C. The zero-order chi connectivity index (χ0) is 38.0. The maximum atomic E-state index is 13.2. The van der Waals surface area contributed by atoms with Crippen LogP contribution in [0.4, 0.5) is 0 Å². The highest BCUT2D eigenvalue weighted by molar-refractivity contribution is 7.98. The normalized spacial score (nSPS) is 15.2. The van der Waals surface area contributed by atoms with Crippen LogP contribution in [-0.4, -0.2) is 135 Å². The molecule has 7 atom stereocenters. The molecule has 0 saturated heterocycles. The van der Waals surface area contributed by atoms with Crippen molar-refractivity contribution in [1.29, 1.82) is 0 Å². The van der Waals surface area contributed by atoms with E-state index in [1.165, 1.54) is 39.5 Å². The Balaban J connectivity index is 5.78. The topological polar surface area (TPSA) is 333 Å². The monoisotopic (exact) mass is 721 g/mol. The summed E-state index contributed by atoms with van der Waals surface area (Å²) in [6, 6.07) is -9.71. The lowest BCUT2D eigenvalue weighted by Gasteiger charge is -2.27. The Morgan fingerprint density at radius 3 is 1.51 bits per heavy atom. The molecule has 6 amide bonds. The second kappa shape index (κ2) is 22.2. The number of aliphatic hydroxyl groups excluding tert-OH is 1. The van der Waals surface area contributed by atoms with Crippen molar-refractivity contribution >= 4 is 65.1 Å². The summed E-state index contributed by atoms with van der Waals surface area (Å²) >= 11 is 1.36. The molecule has 0 aromatic rings. The molecule has 0 aliphatic carbocycles. The number of carbonyl (C=O) groups excluding carboxylic acids is 6. The van der Waals surface area contributed by atoms with Crippen LogP contribution in [0.1, 0.15) is 53.4 Å². The molecule has 12 N–H and O–H groups in total. The summed E-state index contributed by atoms with van der Waals surface area (Å²) in [7, 11) is 0. The van der Waals surface area contributed by atoms with Crippen molar-refractivity contribution in [1.82, 2.24) is 31.9 Å². The Hall–Kier alpha value is -4.50. The van der Waals surface area contributed by atoms with Crippen LogP contribution < -0.4 is 37.6 Å². The molecule has 49 heavy (non-hydrogen) atoms. The van der Waals surface area contributed by atoms with Gasteiger partial charge in [-0.15, -0.1) is 0 Å². The summed E-state index contributed by atoms with van der Waals surface area (Å²) in [6.45, 7) is 4.90. The number of rotatable bonds is 23. The van der Waals surface area contributed by atoms with Crippen LogP contribution in [0.15, 0.2) is 0 Å². The van der Waals surface area contributed by atoms with Crippen molar-refractivity contribution in [2.24, 2.45) is 11.7 Å². The van der Waals surface area contributed by atoms with Crippen LogP contribution in [0.3, 0.4) is 0 Å². The molecule has 0 saturated carbocycles. The minimum absolute atomic E-state index is 0.112. The van der Waals surface area contributed by atoms with Gasteiger partial charge >= 0.3 is 17.9 Å². The van der Waals surface area contributed by atoms with Gasteiger partial charge in [0.25, 0.3) is 0 Å². The first-order chi connectivity index (χ1) is 22.7. The Kier molecular flexibility index (Phi) is 20.2. The Labute approximate surface area is 286 Å². The molecule has 0 aliphatic rings. The molecule has 20 nitrogen and oxygen atoms in total. The second-order valence-electron chi connectivity index (χ2n) is 11.3. The second-order valence-corrected chi connectivity index (χ2v) is 12.3. The molecule has 0 bridgehead atoms. The van der Waals surface area contributed by atoms with Crippen molar-refractivity contribution in [3.05, 3.63) is 0 Å². The number of carbonyl (C=O) groups is 9. The summed E-state index contributed by atoms with van der Waals surface area (Å²) in [5.74, 6) is -10.1. The molecule has 0 heterocycles. The average Bonchev–Trinajstić information content (AvgIpc) is 3.01. The van der Waals surface area contributed by atoms with Crippen LogP contribution >= 0.6 is 11.8 Å². The van der Waals surface area contributed by atoms with Crippen molar-refractivity contribution in [2.45, 2.75) is 95.7 Å². The van der Waals surface area contributed by atoms with Crippen LogP contribution in [-0.2, 0) is 43.2 Å². The fourth-order valence-corrected chi connectivity index (χ4v) is 4.38. The van der Waals surface area contributed by atoms with Gasteiger partial charge in [0, 0.05) is 6.42 Å². The third-order valence-electron chi connectivity index (χ3n) is 6.80. The standard InChI is InChI=1S/C28H47N7O13S/c1-12(2)21(27(46)34-18(28(47)48)10-20(39)40)35-26(45)16(6-7-19(37)38)32-23(42)14(4)31-25(44)17(8-9-49-5)33-22(41)13(3)30-24(43)15(29)11-36/h12-18,21,36H,6-11,29H2,1-5H3,(H,30,43)(H,31,44)(H,32,42)(H,33,41)(H,34,46)(H,35,45)(H,37,38)(H,39,40)(H,47,48)/t13-,14-,15-,16-,17-,18-,21-/m0/s1. The predicted molar refractivity (Wildman–Crippen MR) is 173 cm³/mol. The van der Waals surface area contributed by atoms with E-state index in [-0.39, 0.29) is 6.42 Å². The number of amides is 6. The zero-order valence-corrected chi connectivity index (χ0v) is 28.6. The van der Waals surface area contributed by atoms with Crippen LogP contribution in [0.2, 0.25) is 0 Å². The lowest BCUT2D eigenvalue weighted by atomic mass is 10.0. The predicted octanol–water partition coefficient (Wildman–Crippen LogP) is -3.91. The molecule has 21 heteroatoms. The quantitative estimate of drug-likeness (QED) is 0.0480. The molecule has 0 fully saturated rings. The maximum Gasteiger partial charge on any atom is 0.326 e. The highest BCUT2D eigenvalue weighted by atomic mass is 32.2. The molecule has 0 radical (unpaired) electrons. The smallest absolute Gasteiger partial charge is 0.326 e. The van der Waals surface area contributed by atoms with Crippen molar-refractivity contribution in [2.75, 3.05) is 18.6 Å². The maximum absolute atomic E-state index is 13.2. The van der Waals surface area contributed by atoms with Crippen LogP contribution in [0, 0.1) is 5.92 Å². The van der Waals surface area contributed by atoms with Gasteiger partial charge in [-0.05, 0) is 44.6 Å². The van der Waals surface area contributed by atoms with Crippen LogP contribution in [0.5, 0.6) is 0 Å². The van der Waals surface area contributed by atoms with Gasteiger partial charge < -0.3 is 58.1 Å². The van der Waals surface area contributed by atoms with Gasteiger partial charge in [-0.25, -0.2) is 4.79 Å². The minimum Gasteiger partial charge on any atom is -0.481 e. The lowest BCUT2D eigenvalue weighted by Crippen LogP contribution is -2.60. The van der Waals surface area contributed by atoms with Gasteiger partial charge in [0.2, 0.25) is 35.4 Å². The number of nitrogens with one attached hydrogen (secondary N) is 6. The number of carboxylic acids is 3. The van der Waals surface area contributed by atoms with E-state index in [2.05, 4.69) is 26.6 Å². The van der Waals surface area contributed by atoms with Crippen molar-refractivity contribution in [3.63, 3.8) is 0 Å². The molecular formula is C28H47N7O13S. The highest BCUT2D eigenvalue weighted by Gasteiger charge is 2.33. The first-order valence-electron chi connectivity index (χ1n) is 15.1. The van der Waals surface area contributed by atoms with E-state index in [9.17, 15) is 53.4 Å². The molecule has 0 rings (SSSR count). The number of aliphatic hydroxyl groups is 1. The van der Waals surface area contributed by atoms with Gasteiger partial charge in [-0.1, -0.05) is 13.8 Å².